The highest BCUT2D eigenvalue weighted by Crippen LogP contribution is 2.34. The Morgan fingerprint density at radius 3 is 2.62 bits per heavy atom. The zero-order valence-corrected chi connectivity index (χ0v) is 22.3. The Morgan fingerprint density at radius 1 is 1.16 bits per heavy atom. The summed E-state index contributed by atoms with van der Waals surface area (Å²) < 4.78 is 37.8. The molecule has 1 atom stereocenters. The number of halogens is 1. The predicted molar refractivity (Wildman–Crippen MR) is 145 cm³/mol. The van der Waals surface area contributed by atoms with Crippen LogP contribution in [0.25, 0.3) is 10.9 Å². The summed E-state index contributed by atoms with van der Waals surface area (Å²) in [5.41, 5.74) is 2.76. The maximum atomic E-state index is 15.2. The van der Waals surface area contributed by atoms with Gasteiger partial charge < -0.3 is 14.8 Å². The summed E-state index contributed by atoms with van der Waals surface area (Å²) >= 11 is 0. The first-order valence-electron chi connectivity index (χ1n) is 11.9. The van der Waals surface area contributed by atoms with E-state index in [2.05, 4.69) is 20.1 Å². The highest BCUT2D eigenvalue weighted by Gasteiger charge is 2.17. The first-order chi connectivity index (χ1) is 17.5. The molecule has 8 nitrogen and oxygen atoms in total. The number of hydrogen-bond donors (Lipinski definition) is 2. The van der Waals surface area contributed by atoms with E-state index in [9.17, 15) is 9.00 Å². The molecule has 0 bridgehead atoms. The van der Waals surface area contributed by atoms with E-state index in [-0.39, 0.29) is 23.6 Å². The minimum absolute atomic E-state index is 0.000519. The quantitative estimate of drug-likeness (QED) is 0.309. The molecule has 0 saturated heterocycles. The fourth-order valence-electron chi connectivity index (χ4n) is 3.77. The van der Waals surface area contributed by atoms with Gasteiger partial charge in [0.1, 0.15) is 16.7 Å². The Kier molecular flexibility index (Phi) is 7.58. The second-order valence-corrected chi connectivity index (χ2v) is 11.1. The van der Waals surface area contributed by atoms with Crippen molar-refractivity contribution in [1.29, 1.82) is 0 Å². The summed E-state index contributed by atoms with van der Waals surface area (Å²) in [7, 11) is -1.21. The molecule has 0 fully saturated rings. The maximum absolute atomic E-state index is 15.2. The number of benzene rings is 2. The first kappa shape index (κ1) is 26.3. The lowest BCUT2D eigenvalue weighted by Gasteiger charge is -2.18. The van der Waals surface area contributed by atoms with E-state index in [1.54, 1.807) is 60.5 Å². The van der Waals surface area contributed by atoms with Crippen LogP contribution in [0.1, 0.15) is 38.8 Å². The van der Waals surface area contributed by atoms with Crippen molar-refractivity contribution in [3.8, 4) is 11.5 Å². The van der Waals surface area contributed by atoms with Crippen LogP contribution in [0, 0.1) is 12.7 Å². The zero-order valence-electron chi connectivity index (χ0n) is 21.5. The lowest BCUT2D eigenvalue weighted by atomic mass is 10.1. The number of amides is 1. The Balaban J connectivity index is 1.52. The minimum Gasteiger partial charge on any atom is -0.453 e. The van der Waals surface area contributed by atoms with Gasteiger partial charge in [0.2, 0.25) is 5.91 Å². The molecule has 1 amide bonds. The third-order valence-electron chi connectivity index (χ3n) is 5.61. The average Bonchev–Trinajstić information content (AvgIpc) is 3.30. The molecule has 1 unspecified atom stereocenters. The van der Waals surface area contributed by atoms with E-state index < -0.39 is 16.8 Å². The number of aromatic nitrogens is 3. The first-order valence-corrected chi connectivity index (χ1v) is 13.2. The molecule has 37 heavy (non-hydrogen) atoms. The molecule has 4 rings (SSSR count). The van der Waals surface area contributed by atoms with E-state index in [1.807, 2.05) is 27.7 Å². The van der Waals surface area contributed by atoms with Crippen LogP contribution in [0.5, 0.6) is 11.5 Å². The van der Waals surface area contributed by atoms with Crippen LogP contribution in [-0.4, -0.2) is 30.6 Å². The molecule has 10 heteroatoms. The number of nitrogens with zero attached hydrogens (tertiary/aromatic N) is 3. The summed E-state index contributed by atoms with van der Waals surface area (Å²) in [5.74, 6) is 0.0992. The van der Waals surface area contributed by atoms with Gasteiger partial charge in [-0.25, -0.2) is 8.60 Å². The molecule has 0 aliphatic carbocycles. The molecule has 0 spiro atoms. The second kappa shape index (κ2) is 10.7. The van der Waals surface area contributed by atoms with Gasteiger partial charge in [0.05, 0.1) is 29.4 Å². The lowest BCUT2D eigenvalue weighted by Crippen LogP contribution is -2.22. The van der Waals surface area contributed by atoms with Crippen LogP contribution < -0.4 is 14.8 Å². The van der Waals surface area contributed by atoms with Crippen LogP contribution in [-0.2, 0) is 27.7 Å². The highest BCUT2D eigenvalue weighted by molar-refractivity contribution is 7.86. The number of anilines is 2. The third kappa shape index (κ3) is 6.32. The number of rotatable bonds is 8. The van der Waals surface area contributed by atoms with Crippen molar-refractivity contribution in [2.24, 2.45) is 0 Å². The number of fused-ring (bicyclic) bond motifs is 1. The molecule has 0 saturated carbocycles. The SMILES string of the molecule is CCS(=O)Nc1ccc2nccc(Oc3c(C)cc(CC(=O)Nc4cnn(C(C)(C)C)c4)cc3F)c2c1. The van der Waals surface area contributed by atoms with Crippen LogP contribution >= 0.6 is 0 Å². The van der Waals surface area contributed by atoms with E-state index in [4.69, 9.17) is 4.74 Å². The number of hydrogen-bond acceptors (Lipinski definition) is 5. The van der Waals surface area contributed by atoms with Crippen molar-refractivity contribution in [3.05, 3.63) is 71.9 Å². The Bertz CT molecular complexity index is 1460. The fourth-order valence-corrected chi connectivity index (χ4v) is 4.30. The second-order valence-electron chi connectivity index (χ2n) is 9.67. The van der Waals surface area contributed by atoms with Crippen LogP contribution in [0.3, 0.4) is 0 Å². The largest absolute Gasteiger partial charge is 0.453 e. The average molecular weight is 524 g/mol. The van der Waals surface area contributed by atoms with Gasteiger partial charge in [0.25, 0.3) is 0 Å². The number of nitrogens with one attached hydrogen (secondary N) is 2. The molecule has 4 aromatic rings. The Labute approximate surface area is 217 Å². The maximum Gasteiger partial charge on any atom is 0.228 e. The third-order valence-corrected chi connectivity index (χ3v) is 6.60. The molecule has 2 heterocycles. The van der Waals surface area contributed by atoms with Crippen LogP contribution in [0.15, 0.2) is 55.0 Å². The molecule has 0 radical (unpaired) electrons. The standard InChI is InChI=1S/C27H30FN5O3S/c1-6-37(35)32-19-7-8-23-21(14-19)24(9-10-29-23)36-26-17(2)11-18(12-22(26)28)13-25(34)31-20-15-30-33(16-20)27(3,4)5/h7-12,14-16,32H,6,13H2,1-5H3,(H,31,34). The molecule has 0 aliphatic heterocycles. The Hall–Kier alpha value is -3.79. The van der Waals surface area contributed by atoms with Gasteiger partial charge in [-0.15, -0.1) is 0 Å². The number of carbonyl (C=O) groups is 1. The van der Waals surface area contributed by atoms with Crippen molar-refractivity contribution >= 4 is 39.2 Å². The van der Waals surface area contributed by atoms with Crippen molar-refractivity contribution in [2.45, 2.75) is 46.6 Å². The summed E-state index contributed by atoms with van der Waals surface area (Å²) in [6, 6.07) is 10.0. The van der Waals surface area contributed by atoms with E-state index in [0.717, 1.165) is 0 Å². The summed E-state index contributed by atoms with van der Waals surface area (Å²) in [6.45, 7) is 9.59. The highest BCUT2D eigenvalue weighted by atomic mass is 32.2. The molecular weight excluding hydrogens is 493 g/mol. The molecule has 2 aromatic heterocycles. The van der Waals surface area contributed by atoms with Crippen molar-refractivity contribution in [1.82, 2.24) is 14.8 Å². The van der Waals surface area contributed by atoms with Gasteiger partial charge in [-0.2, -0.15) is 5.10 Å². The summed E-state index contributed by atoms with van der Waals surface area (Å²) in [5, 5.41) is 7.73. The number of carbonyl (C=O) groups excluding carboxylic acids is 1. The Morgan fingerprint density at radius 2 is 1.95 bits per heavy atom. The fraction of sp³-hybridized carbons (Fsp3) is 0.296. The van der Waals surface area contributed by atoms with Crippen molar-refractivity contribution in [2.75, 3.05) is 15.8 Å². The molecule has 2 aromatic carbocycles. The number of aryl methyl sites for hydroxylation is 1. The van der Waals surface area contributed by atoms with E-state index in [0.29, 0.717) is 44.9 Å². The number of ether oxygens (including phenoxy) is 1. The molecule has 0 aliphatic rings. The monoisotopic (exact) mass is 523 g/mol. The zero-order chi connectivity index (χ0) is 26.7. The minimum atomic E-state index is -1.21. The number of pyridine rings is 1. The van der Waals surface area contributed by atoms with Gasteiger partial charge in [-0.05, 0) is 69.2 Å². The van der Waals surface area contributed by atoms with E-state index >= 15 is 4.39 Å². The predicted octanol–water partition coefficient (Wildman–Crippen LogP) is 5.70. The van der Waals surface area contributed by atoms with Gasteiger partial charge in [-0.3, -0.25) is 14.5 Å². The summed E-state index contributed by atoms with van der Waals surface area (Å²) in [6.07, 6.45) is 4.94. The van der Waals surface area contributed by atoms with Gasteiger partial charge in [-0.1, -0.05) is 13.0 Å². The van der Waals surface area contributed by atoms with Crippen molar-refractivity contribution in [3.63, 3.8) is 0 Å². The van der Waals surface area contributed by atoms with Crippen molar-refractivity contribution < 1.29 is 18.1 Å². The lowest BCUT2D eigenvalue weighted by molar-refractivity contribution is -0.115. The van der Waals surface area contributed by atoms with Gasteiger partial charge in [0.15, 0.2) is 11.6 Å². The molecule has 2 N–H and O–H groups in total. The smallest absolute Gasteiger partial charge is 0.228 e. The van der Waals surface area contributed by atoms with E-state index in [1.165, 1.54) is 6.07 Å². The molecule has 194 valence electrons. The normalized spacial score (nSPS) is 12.4. The van der Waals surface area contributed by atoms with Crippen LogP contribution in [0.2, 0.25) is 0 Å². The van der Waals surface area contributed by atoms with Gasteiger partial charge in [0, 0.05) is 29.2 Å². The topological polar surface area (TPSA) is 98.1 Å². The van der Waals surface area contributed by atoms with Gasteiger partial charge >= 0.3 is 0 Å². The van der Waals surface area contributed by atoms with Crippen LogP contribution in [0.4, 0.5) is 15.8 Å². The molecular formula is C27H30FN5O3S. The summed E-state index contributed by atoms with van der Waals surface area (Å²) in [4.78, 5) is 16.9.